The second kappa shape index (κ2) is 11.5. The summed E-state index contributed by atoms with van der Waals surface area (Å²) in [5.41, 5.74) is 13.6. The fourth-order valence-corrected chi connectivity index (χ4v) is 7.41. The fourth-order valence-electron chi connectivity index (χ4n) is 6.02. The second-order valence-electron chi connectivity index (χ2n) is 11.7. The van der Waals surface area contributed by atoms with Gasteiger partial charge in [0.25, 0.3) is 0 Å². The van der Waals surface area contributed by atoms with E-state index in [2.05, 4.69) is 53.2 Å². The van der Waals surface area contributed by atoms with Crippen LogP contribution in [-0.2, 0) is 16.3 Å². The first-order valence-corrected chi connectivity index (χ1v) is 15.6. The Morgan fingerprint density at radius 2 is 1.83 bits per heavy atom. The molecule has 4 nitrogen and oxygen atoms in total. The third kappa shape index (κ3) is 5.73. The number of carbonyl (C=O) groups is 1. The summed E-state index contributed by atoms with van der Waals surface area (Å²) in [6.45, 7) is 8.19. The van der Waals surface area contributed by atoms with Crippen molar-refractivity contribution in [1.82, 2.24) is 0 Å². The van der Waals surface area contributed by atoms with Gasteiger partial charge >= 0.3 is 0 Å². The lowest BCUT2D eigenvalue weighted by Gasteiger charge is -2.44. The number of aryl methyl sites for hydroxylation is 1. The third-order valence-corrected chi connectivity index (χ3v) is 9.46. The van der Waals surface area contributed by atoms with Gasteiger partial charge in [-0.25, -0.2) is 4.39 Å². The number of nitriles is 1. The normalized spacial score (nSPS) is 18.4. The number of anilines is 1. The van der Waals surface area contributed by atoms with E-state index in [-0.39, 0.29) is 28.3 Å². The maximum absolute atomic E-state index is 15.4. The van der Waals surface area contributed by atoms with Crippen molar-refractivity contribution in [2.75, 3.05) is 4.90 Å². The van der Waals surface area contributed by atoms with Crippen LogP contribution in [0.5, 0.6) is 0 Å². The standard InChI is InChI=1S/C34H33BrFN3OS/c1-20-12-23(19-41-18-22-8-6-5-7-9-22)21(2)25(13-20)31-26(17-37)33(38)39(28-11-10-24(35)14-27(28)36)29-15-34(3,4)16-30(40)32(29)31/h5-14,31H,15-16,18-19,38H2,1-4H3. The second-order valence-corrected chi connectivity index (χ2v) is 13.6. The molecule has 1 aliphatic carbocycles. The first-order chi connectivity index (χ1) is 19.5. The van der Waals surface area contributed by atoms with Gasteiger partial charge in [0.05, 0.1) is 23.2 Å². The molecule has 3 aromatic rings. The molecule has 0 fully saturated rings. The van der Waals surface area contributed by atoms with E-state index in [1.165, 1.54) is 17.2 Å². The zero-order valence-corrected chi connectivity index (χ0v) is 26.1. The average Bonchev–Trinajstić information content (AvgIpc) is 2.90. The lowest BCUT2D eigenvalue weighted by Crippen LogP contribution is -2.42. The SMILES string of the molecule is Cc1cc(CSCc2ccccc2)c(C)c(C2C(C#N)=C(N)N(c3ccc(Br)cc3F)C3=C2C(=O)CC(C)(C)C3)c1. The zero-order valence-electron chi connectivity index (χ0n) is 23.7. The smallest absolute Gasteiger partial charge is 0.162 e. The van der Waals surface area contributed by atoms with Gasteiger partial charge in [0.2, 0.25) is 0 Å². The van der Waals surface area contributed by atoms with Gasteiger partial charge in [0.1, 0.15) is 11.6 Å². The molecule has 1 heterocycles. The molecule has 2 N–H and O–H groups in total. The Bertz CT molecular complexity index is 1640. The Labute approximate surface area is 254 Å². The molecule has 0 bridgehead atoms. The van der Waals surface area contributed by atoms with Crippen LogP contribution in [0.1, 0.15) is 60.4 Å². The molecular formula is C34H33BrFN3OS. The molecule has 1 atom stereocenters. The number of nitrogens with zero attached hydrogens (tertiary/aromatic N) is 2. The summed E-state index contributed by atoms with van der Waals surface area (Å²) in [5, 5.41) is 10.5. The molecule has 0 spiro atoms. The lowest BCUT2D eigenvalue weighted by molar-refractivity contribution is -0.118. The molecule has 0 saturated carbocycles. The highest BCUT2D eigenvalue weighted by molar-refractivity contribution is 9.10. The molecule has 0 radical (unpaired) electrons. The molecule has 2 aliphatic rings. The number of hydrogen-bond donors (Lipinski definition) is 1. The van der Waals surface area contributed by atoms with Gasteiger partial charge in [-0.1, -0.05) is 77.8 Å². The largest absolute Gasteiger partial charge is 0.384 e. The summed E-state index contributed by atoms with van der Waals surface area (Å²) < 4.78 is 16.0. The highest BCUT2D eigenvalue weighted by Crippen LogP contribution is 2.51. The molecule has 5 rings (SSSR count). The van der Waals surface area contributed by atoms with Crippen LogP contribution in [-0.4, -0.2) is 5.78 Å². The molecule has 0 saturated heterocycles. The Hall–Kier alpha value is -3.34. The predicted molar refractivity (Wildman–Crippen MR) is 169 cm³/mol. The summed E-state index contributed by atoms with van der Waals surface area (Å²) in [4.78, 5) is 15.6. The molecule has 210 valence electrons. The van der Waals surface area contributed by atoms with Crippen LogP contribution >= 0.6 is 27.7 Å². The molecule has 41 heavy (non-hydrogen) atoms. The summed E-state index contributed by atoms with van der Waals surface area (Å²) in [7, 11) is 0. The maximum atomic E-state index is 15.4. The predicted octanol–water partition coefficient (Wildman–Crippen LogP) is 8.58. The summed E-state index contributed by atoms with van der Waals surface area (Å²) in [6, 6.07) is 21.7. The van der Waals surface area contributed by atoms with Crippen molar-refractivity contribution in [2.45, 2.75) is 58.0 Å². The molecule has 0 amide bonds. The number of benzene rings is 3. The van der Waals surface area contributed by atoms with Crippen LogP contribution < -0.4 is 10.6 Å². The number of halogens is 2. The summed E-state index contributed by atoms with van der Waals surface area (Å²) >= 11 is 5.16. The highest BCUT2D eigenvalue weighted by atomic mass is 79.9. The Morgan fingerprint density at radius 3 is 2.51 bits per heavy atom. The number of thioether (sulfide) groups is 1. The number of rotatable bonds is 6. The Balaban J connectivity index is 1.64. The van der Waals surface area contributed by atoms with Crippen LogP contribution in [0.2, 0.25) is 0 Å². The Kier molecular flexibility index (Phi) is 8.18. The van der Waals surface area contributed by atoms with E-state index in [0.29, 0.717) is 28.6 Å². The van der Waals surface area contributed by atoms with E-state index in [1.54, 1.807) is 17.0 Å². The van der Waals surface area contributed by atoms with Crippen molar-refractivity contribution in [3.8, 4) is 6.07 Å². The number of Topliss-reactive ketones (excluding diaryl/α,β-unsaturated/α-hetero) is 1. The van der Waals surface area contributed by atoms with Gasteiger partial charge < -0.3 is 5.73 Å². The van der Waals surface area contributed by atoms with E-state index in [9.17, 15) is 10.1 Å². The van der Waals surface area contributed by atoms with Crippen molar-refractivity contribution in [2.24, 2.45) is 11.1 Å². The van der Waals surface area contributed by atoms with Crippen molar-refractivity contribution in [1.29, 1.82) is 5.26 Å². The minimum absolute atomic E-state index is 0.0232. The van der Waals surface area contributed by atoms with E-state index < -0.39 is 11.7 Å². The van der Waals surface area contributed by atoms with Crippen LogP contribution in [0, 0.1) is 36.4 Å². The average molecular weight is 631 g/mol. The number of ketones is 1. The van der Waals surface area contributed by atoms with Gasteiger partial charge in [-0.15, -0.1) is 0 Å². The van der Waals surface area contributed by atoms with E-state index in [4.69, 9.17) is 5.73 Å². The monoisotopic (exact) mass is 629 g/mol. The van der Waals surface area contributed by atoms with Crippen LogP contribution in [0.4, 0.5) is 10.1 Å². The van der Waals surface area contributed by atoms with E-state index >= 15 is 4.39 Å². The topological polar surface area (TPSA) is 70.1 Å². The van der Waals surface area contributed by atoms with Crippen molar-refractivity contribution >= 4 is 39.2 Å². The van der Waals surface area contributed by atoms with Crippen LogP contribution in [0.25, 0.3) is 0 Å². The minimum Gasteiger partial charge on any atom is -0.384 e. The Morgan fingerprint density at radius 1 is 1.10 bits per heavy atom. The van der Waals surface area contributed by atoms with Crippen molar-refractivity contribution in [3.05, 3.63) is 121 Å². The molecule has 0 aromatic heterocycles. The fraction of sp³-hybridized carbons (Fsp3) is 0.294. The number of allylic oxidation sites excluding steroid dienone is 3. The number of carbonyl (C=O) groups excluding carboxylic acids is 1. The van der Waals surface area contributed by atoms with Gasteiger partial charge in [0.15, 0.2) is 5.78 Å². The van der Waals surface area contributed by atoms with Gasteiger partial charge in [-0.2, -0.15) is 17.0 Å². The molecular weight excluding hydrogens is 597 g/mol. The highest BCUT2D eigenvalue weighted by Gasteiger charge is 2.45. The van der Waals surface area contributed by atoms with Gasteiger partial charge in [-0.05, 0) is 66.1 Å². The van der Waals surface area contributed by atoms with E-state index in [0.717, 1.165) is 28.2 Å². The molecule has 1 aliphatic heterocycles. The first kappa shape index (κ1) is 29.2. The maximum Gasteiger partial charge on any atom is 0.162 e. The molecule has 7 heteroatoms. The van der Waals surface area contributed by atoms with Crippen LogP contribution in [0.15, 0.2) is 87.8 Å². The van der Waals surface area contributed by atoms with Gasteiger partial charge in [-0.3, -0.25) is 9.69 Å². The third-order valence-electron chi connectivity index (χ3n) is 7.91. The van der Waals surface area contributed by atoms with Crippen molar-refractivity contribution < 1.29 is 9.18 Å². The lowest BCUT2D eigenvalue weighted by atomic mass is 9.68. The zero-order chi connectivity index (χ0) is 29.5. The van der Waals surface area contributed by atoms with Crippen LogP contribution in [0.3, 0.4) is 0 Å². The first-order valence-electron chi connectivity index (χ1n) is 13.6. The van der Waals surface area contributed by atoms with Gasteiger partial charge in [0, 0.05) is 33.7 Å². The summed E-state index contributed by atoms with van der Waals surface area (Å²) in [6.07, 6.45) is 0.881. The molecule has 1 unspecified atom stereocenters. The quantitative estimate of drug-likeness (QED) is 0.296. The number of hydrogen-bond acceptors (Lipinski definition) is 5. The van der Waals surface area contributed by atoms with E-state index in [1.807, 2.05) is 50.7 Å². The summed E-state index contributed by atoms with van der Waals surface area (Å²) in [5.74, 6) is 0.747. The molecule has 3 aromatic carbocycles. The number of nitrogens with two attached hydrogens (primary N) is 1. The van der Waals surface area contributed by atoms with Crippen molar-refractivity contribution in [3.63, 3.8) is 0 Å². The minimum atomic E-state index is -0.605.